The first-order valence-corrected chi connectivity index (χ1v) is 4.28. The number of rotatable bonds is 4. The molecule has 70 valence electrons. The topological polar surface area (TPSA) is 34.9 Å². The molecule has 0 aliphatic rings. The van der Waals surface area contributed by atoms with Crippen molar-refractivity contribution in [1.82, 2.24) is 9.78 Å². The van der Waals surface area contributed by atoms with Crippen molar-refractivity contribution in [3.8, 4) is 0 Å². The van der Waals surface area contributed by atoms with Crippen LogP contribution in [0.5, 0.6) is 0 Å². The third-order valence-corrected chi connectivity index (χ3v) is 2.00. The maximum atomic E-state index is 10.7. The van der Waals surface area contributed by atoms with E-state index in [4.69, 9.17) is 0 Å². The van der Waals surface area contributed by atoms with Gasteiger partial charge < -0.3 is 0 Å². The van der Waals surface area contributed by atoms with E-state index in [2.05, 4.69) is 11.7 Å². The quantitative estimate of drug-likeness (QED) is 0.521. The van der Waals surface area contributed by atoms with E-state index in [0.29, 0.717) is 5.56 Å². The summed E-state index contributed by atoms with van der Waals surface area (Å²) in [6, 6.07) is 0. The zero-order chi connectivity index (χ0) is 9.84. The molecule has 0 radical (unpaired) electrons. The van der Waals surface area contributed by atoms with Gasteiger partial charge in [-0.2, -0.15) is 5.10 Å². The average molecular weight is 178 g/mol. The summed E-state index contributed by atoms with van der Waals surface area (Å²) in [5.74, 6) is 0.263. The predicted octanol–water partition coefficient (Wildman–Crippen LogP) is 1.91. The molecule has 0 fully saturated rings. The van der Waals surface area contributed by atoms with Gasteiger partial charge in [-0.1, -0.05) is 13.0 Å². The molecule has 3 heteroatoms. The minimum absolute atomic E-state index is 0.263. The first-order chi connectivity index (χ1) is 6.19. The number of carbonyl (C=O) groups excluding carboxylic acids is 1. The van der Waals surface area contributed by atoms with Gasteiger partial charge in [0.1, 0.15) is 0 Å². The Morgan fingerprint density at radius 1 is 1.77 bits per heavy atom. The fourth-order valence-electron chi connectivity index (χ4n) is 1.36. The molecule has 0 amide bonds. The Kier molecular flexibility index (Phi) is 3.01. The zero-order valence-corrected chi connectivity index (χ0v) is 8.03. The van der Waals surface area contributed by atoms with E-state index in [9.17, 15) is 4.79 Å². The highest BCUT2D eigenvalue weighted by Crippen LogP contribution is 2.19. The maximum Gasteiger partial charge on any atom is 0.153 e. The van der Waals surface area contributed by atoms with Crippen LogP contribution in [0.25, 0.3) is 0 Å². The minimum atomic E-state index is 0.263. The Bertz CT molecular complexity index is 315. The van der Waals surface area contributed by atoms with Crippen LogP contribution in [0.1, 0.15) is 35.3 Å². The van der Waals surface area contributed by atoms with Gasteiger partial charge in [-0.25, -0.2) is 0 Å². The standard InChI is InChI=1S/C10H14N2O/c1-4-5-8(2)10-9(7-13)6-12(3)11-10/h4,6-8H,1,5H2,2-3H3. The van der Waals surface area contributed by atoms with Crippen LogP contribution in [0.15, 0.2) is 18.9 Å². The summed E-state index contributed by atoms with van der Waals surface area (Å²) < 4.78 is 1.67. The summed E-state index contributed by atoms with van der Waals surface area (Å²) in [4.78, 5) is 10.7. The summed E-state index contributed by atoms with van der Waals surface area (Å²) in [7, 11) is 1.82. The molecule has 3 nitrogen and oxygen atoms in total. The number of nitrogens with zero attached hydrogens (tertiary/aromatic N) is 2. The van der Waals surface area contributed by atoms with E-state index in [0.717, 1.165) is 18.4 Å². The SMILES string of the molecule is C=CCC(C)c1nn(C)cc1C=O. The van der Waals surface area contributed by atoms with Crippen molar-refractivity contribution in [2.24, 2.45) is 7.05 Å². The van der Waals surface area contributed by atoms with Crippen LogP contribution in [0.2, 0.25) is 0 Å². The minimum Gasteiger partial charge on any atom is -0.298 e. The molecule has 0 spiro atoms. The number of allylic oxidation sites excluding steroid dienone is 1. The largest absolute Gasteiger partial charge is 0.298 e. The van der Waals surface area contributed by atoms with Crippen LogP contribution in [-0.2, 0) is 7.05 Å². The lowest BCUT2D eigenvalue weighted by Crippen LogP contribution is -1.97. The Hall–Kier alpha value is -1.38. The van der Waals surface area contributed by atoms with Crippen LogP contribution in [0, 0.1) is 0 Å². The van der Waals surface area contributed by atoms with Gasteiger partial charge in [0.2, 0.25) is 0 Å². The number of aryl methyl sites for hydroxylation is 1. The van der Waals surface area contributed by atoms with E-state index < -0.39 is 0 Å². The molecule has 1 aromatic heterocycles. The van der Waals surface area contributed by atoms with E-state index in [1.807, 2.05) is 20.0 Å². The fraction of sp³-hybridized carbons (Fsp3) is 0.400. The van der Waals surface area contributed by atoms with Crippen LogP contribution < -0.4 is 0 Å². The lowest BCUT2D eigenvalue weighted by atomic mass is 10.0. The number of carbonyl (C=O) groups is 1. The lowest BCUT2D eigenvalue weighted by Gasteiger charge is -2.04. The second-order valence-corrected chi connectivity index (χ2v) is 3.19. The molecule has 13 heavy (non-hydrogen) atoms. The molecule has 1 aromatic rings. The summed E-state index contributed by atoms with van der Waals surface area (Å²) in [6.07, 6.45) is 5.27. The predicted molar refractivity (Wildman–Crippen MR) is 51.8 cm³/mol. The van der Waals surface area contributed by atoms with Crippen molar-refractivity contribution in [3.63, 3.8) is 0 Å². The summed E-state index contributed by atoms with van der Waals surface area (Å²) >= 11 is 0. The van der Waals surface area contributed by atoms with Gasteiger partial charge in [-0.15, -0.1) is 6.58 Å². The van der Waals surface area contributed by atoms with Gasteiger partial charge in [0.05, 0.1) is 11.3 Å². The Labute approximate surface area is 78.1 Å². The molecule has 0 N–H and O–H groups in total. The number of aldehydes is 1. The Balaban J connectivity index is 2.97. The maximum absolute atomic E-state index is 10.7. The van der Waals surface area contributed by atoms with Crippen molar-refractivity contribution in [2.45, 2.75) is 19.3 Å². The zero-order valence-electron chi connectivity index (χ0n) is 8.03. The molecule has 0 saturated heterocycles. The molecule has 0 saturated carbocycles. The summed E-state index contributed by atoms with van der Waals surface area (Å²) in [5, 5.41) is 4.24. The molecule has 1 rings (SSSR count). The molecule has 1 heterocycles. The highest BCUT2D eigenvalue weighted by atomic mass is 16.1. The van der Waals surface area contributed by atoms with Crippen LogP contribution in [-0.4, -0.2) is 16.1 Å². The van der Waals surface area contributed by atoms with E-state index in [1.54, 1.807) is 10.9 Å². The van der Waals surface area contributed by atoms with E-state index >= 15 is 0 Å². The first-order valence-electron chi connectivity index (χ1n) is 4.28. The van der Waals surface area contributed by atoms with Crippen molar-refractivity contribution in [3.05, 3.63) is 30.1 Å². The first kappa shape index (κ1) is 9.71. The van der Waals surface area contributed by atoms with Gasteiger partial charge in [-0.3, -0.25) is 9.48 Å². The van der Waals surface area contributed by atoms with Crippen molar-refractivity contribution < 1.29 is 4.79 Å². The number of aromatic nitrogens is 2. The third-order valence-electron chi connectivity index (χ3n) is 2.00. The van der Waals surface area contributed by atoms with Gasteiger partial charge in [0.15, 0.2) is 6.29 Å². The summed E-state index contributed by atoms with van der Waals surface area (Å²) in [6.45, 7) is 5.70. The van der Waals surface area contributed by atoms with E-state index in [1.165, 1.54) is 0 Å². The summed E-state index contributed by atoms with van der Waals surface area (Å²) in [5.41, 5.74) is 1.54. The number of hydrogen-bond acceptors (Lipinski definition) is 2. The Morgan fingerprint density at radius 2 is 2.46 bits per heavy atom. The average Bonchev–Trinajstić information content (AvgIpc) is 2.47. The molecule has 0 bridgehead atoms. The molecule has 0 aliphatic heterocycles. The molecular weight excluding hydrogens is 164 g/mol. The van der Waals surface area contributed by atoms with Crippen molar-refractivity contribution in [1.29, 1.82) is 0 Å². The Morgan fingerprint density at radius 3 is 3.00 bits per heavy atom. The third kappa shape index (κ3) is 2.05. The van der Waals surface area contributed by atoms with Gasteiger partial charge in [0.25, 0.3) is 0 Å². The lowest BCUT2D eigenvalue weighted by molar-refractivity contribution is 0.112. The van der Waals surface area contributed by atoms with Crippen molar-refractivity contribution in [2.75, 3.05) is 0 Å². The van der Waals surface area contributed by atoms with Crippen molar-refractivity contribution >= 4 is 6.29 Å². The highest BCUT2D eigenvalue weighted by Gasteiger charge is 2.12. The molecular formula is C10H14N2O. The second-order valence-electron chi connectivity index (χ2n) is 3.19. The monoisotopic (exact) mass is 178 g/mol. The molecule has 1 unspecified atom stereocenters. The molecule has 0 aliphatic carbocycles. The second kappa shape index (κ2) is 4.03. The fourth-order valence-corrected chi connectivity index (χ4v) is 1.36. The van der Waals surface area contributed by atoms with Crippen LogP contribution in [0.3, 0.4) is 0 Å². The number of hydrogen-bond donors (Lipinski definition) is 0. The van der Waals surface area contributed by atoms with Crippen LogP contribution >= 0.6 is 0 Å². The molecule has 0 aromatic carbocycles. The smallest absolute Gasteiger partial charge is 0.153 e. The normalized spacial score (nSPS) is 12.5. The highest BCUT2D eigenvalue weighted by molar-refractivity contribution is 5.76. The van der Waals surface area contributed by atoms with Gasteiger partial charge in [0, 0.05) is 19.2 Å². The van der Waals surface area contributed by atoms with Gasteiger partial charge >= 0.3 is 0 Å². The molecule has 1 atom stereocenters. The van der Waals surface area contributed by atoms with E-state index in [-0.39, 0.29) is 5.92 Å². The van der Waals surface area contributed by atoms with Crippen LogP contribution in [0.4, 0.5) is 0 Å². The van der Waals surface area contributed by atoms with Gasteiger partial charge in [-0.05, 0) is 6.42 Å².